The van der Waals surface area contributed by atoms with Crippen molar-refractivity contribution in [2.45, 2.75) is 71.6 Å². The smallest absolute Gasteiger partial charge is 0.139 e. The average molecular weight is 196 g/mol. The van der Waals surface area contributed by atoms with Crippen LogP contribution in [0.15, 0.2) is 0 Å². The summed E-state index contributed by atoms with van der Waals surface area (Å²) in [6, 6.07) is 0. The summed E-state index contributed by atoms with van der Waals surface area (Å²) in [4.78, 5) is 12.1. The Kier molecular flexibility index (Phi) is 4.64. The highest BCUT2D eigenvalue weighted by molar-refractivity contribution is 5.84. The van der Waals surface area contributed by atoms with Crippen LogP contribution in [0.1, 0.15) is 71.6 Å². The number of Topliss-reactive ketones (excluding diaryl/α,β-unsaturated/α-hetero) is 1. The van der Waals surface area contributed by atoms with Crippen molar-refractivity contribution in [3.05, 3.63) is 0 Å². The monoisotopic (exact) mass is 196 g/mol. The number of carbonyl (C=O) groups is 1. The van der Waals surface area contributed by atoms with Crippen LogP contribution >= 0.6 is 0 Å². The Morgan fingerprint density at radius 2 is 1.57 bits per heavy atom. The van der Waals surface area contributed by atoms with Gasteiger partial charge in [-0.25, -0.2) is 0 Å². The lowest BCUT2D eigenvalue weighted by Crippen LogP contribution is -2.29. The van der Waals surface area contributed by atoms with Gasteiger partial charge in [-0.15, -0.1) is 0 Å². The first kappa shape index (κ1) is 11.7. The van der Waals surface area contributed by atoms with Crippen molar-refractivity contribution in [2.75, 3.05) is 0 Å². The third-order valence-electron chi connectivity index (χ3n) is 4.00. The van der Waals surface area contributed by atoms with Gasteiger partial charge < -0.3 is 0 Å². The zero-order chi connectivity index (χ0) is 10.4. The minimum Gasteiger partial charge on any atom is -0.299 e. The van der Waals surface area contributed by atoms with Gasteiger partial charge in [0.05, 0.1) is 0 Å². The third kappa shape index (κ3) is 2.59. The molecule has 0 aromatic carbocycles. The predicted octanol–water partition coefficient (Wildman–Crippen LogP) is 4.11. The van der Waals surface area contributed by atoms with Crippen molar-refractivity contribution in [1.82, 2.24) is 0 Å². The molecule has 0 atom stereocenters. The van der Waals surface area contributed by atoms with Crippen molar-refractivity contribution in [1.29, 1.82) is 0 Å². The van der Waals surface area contributed by atoms with E-state index < -0.39 is 0 Å². The Bertz CT molecular complexity index is 180. The van der Waals surface area contributed by atoms with E-state index in [0.29, 0.717) is 5.78 Å². The highest BCUT2D eigenvalue weighted by Crippen LogP contribution is 2.36. The van der Waals surface area contributed by atoms with Gasteiger partial charge in [-0.1, -0.05) is 39.5 Å². The molecule has 0 bridgehead atoms. The minimum absolute atomic E-state index is 0.0460. The molecule has 0 heterocycles. The molecule has 0 aromatic heterocycles. The van der Waals surface area contributed by atoms with Crippen LogP contribution in [-0.2, 0) is 4.79 Å². The predicted molar refractivity (Wildman–Crippen MR) is 60.3 cm³/mol. The molecular formula is C13H24O. The van der Waals surface area contributed by atoms with E-state index in [9.17, 15) is 4.79 Å². The normalized spacial score (nSPS) is 23.7. The fraction of sp³-hybridized carbons (Fsp3) is 0.923. The number of hydrogen-bond donors (Lipinski definition) is 0. The average Bonchev–Trinajstić information content (AvgIpc) is 2.30. The molecule has 1 nitrogen and oxygen atoms in total. The van der Waals surface area contributed by atoms with Crippen LogP contribution in [0.3, 0.4) is 0 Å². The van der Waals surface area contributed by atoms with E-state index >= 15 is 0 Å². The largest absolute Gasteiger partial charge is 0.299 e. The molecule has 0 aliphatic heterocycles. The van der Waals surface area contributed by atoms with Crippen molar-refractivity contribution in [3.8, 4) is 0 Å². The molecular weight excluding hydrogens is 172 g/mol. The maximum Gasteiger partial charge on any atom is 0.139 e. The quantitative estimate of drug-likeness (QED) is 0.649. The second-order valence-electron chi connectivity index (χ2n) is 4.68. The van der Waals surface area contributed by atoms with Gasteiger partial charge in [-0.3, -0.25) is 4.79 Å². The molecule has 1 heteroatoms. The molecule has 0 amide bonds. The lowest BCUT2D eigenvalue weighted by molar-refractivity contribution is -0.129. The second kappa shape index (κ2) is 5.53. The molecule has 1 rings (SSSR count). The molecule has 1 aliphatic rings. The van der Waals surface area contributed by atoms with Gasteiger partial charge in [0.15, 0.2) is 0 Å². The highest BCUT2D eigenvalue weighted by atomic mass is 16.1. The van der Waals surface area contributed by atoms with E-state index in [0.717, 1.165) is 32.1 Å². The van der Waals surface area contributed by atoms with Crippen LogP contribution in [-0.4, -0.2) is 5.78 Å². The molecule has 0 radical (unpaired) electrons. The van der Waals surface area contributed by atoms with Gasteiger partial charge in [0, 0.05) is 11.8 Å². The first-order chi connectivity index (χ1) is 6.75. The van der Waals surface area contributed by atoms with Gasteiger partial charge in [0.1, 0.15) is 5.78 Å². The lowest BCUT2D eigenvalue weighted by atomic mass is 9.73. The fourth-order valence-corrected chi connectivity index (χ4v) is 2.68. The summed E-state index contributed by atoms with van der Waals surface area (Å²) in [5.74, 6) is 0.546. The number of hydrogen-bond acceptors (Lipinski definition) is 1. The number of ketones is 1. The highest BCUT2D eigenvalue weighted by Gasteiger charge is 2.33. The van der Waals surface area contributed by atoms with Gasteiger partial charge >= 0.3 is 0 Å². The van der Waals surface area contributed by atoms with Crippen LogP contribution in [0, 0.1) is 5.41 Å². The minimum atomic E-state index is 0.0460. The zero-order valence-corrected chi connectivity index (χ0v) is 9.77. The van der Waals surface area contributed by atoms with Gasteiger partial charge in [0.25, 0.3) is 0 Å². The Balaban J connectivity index is 2.69. The molecule has 1 aliphatic carbocycles. The first-order valence-electron chi connectivity index (χ1n) is 6.28. The summed E-state index contributed by atoms with van der Waals surface area (Å²) in [6.45, 7) is 4.36. The molecule has 0 aromatic rings. The summed E-state index contributed by atoms with van der Waals surface area (Å²) >= 11 is 0. The Morgan fingerprint density at radius 3 is 2.21 bits per heavy atom. The molecule has 82 valence electrons. The van der Waals surface area contributed by atoms with Crippen molar-refractivity contribution < 1.29 is 4.79 Å². The molecule has 1 saturated carbocycles. The van der Waals surface area contributed by atoms with Crippen molar-refractivity contribution >= 4 is 5.78 Å². The SMILES string of the molecule is CCC1(CC)CCCCCCCC1=O. The lowest BCUT2D eigenvalue weighted by Gasteiger charge is -2.29. The van der Waals surface area contributed by atoms with E-state index in [-0.39, 0.29) is 5.41 Å². The molecule has 0 unspecified atom stereocenters. The van der Waals surface area contributed by atoms with Gasteiger partial charge in [0.2, 0.25) is 0 Å². The van der Waals surface area contributed by atoms with Gasteiger partial charge in [-0.2, -0.15) is 0 Å². The standard InChI is InChI=1S/C13H24O/c1-3-13(4-2)11-9-7-5-6-8-10-12(13)14/h3-11H2,1-2H3. The summed E-state index contributed by atoms with van der Waals surface area (Å²) in [6.07, 6.45) is 10.4. The van der Waals surface area contributed by atoms with Crippen LogP contribution in [0.5, 0.6) is 0 Å². The summed E-state index contributed by atoms with van der Waals surface area (Å²) in [5, 5.41) is 0. The van der Waals surface area contributed by atoms with E-state index in [2.05, 4.69) is 13.8 Å². The van der Waals surface area contributed by atoms with Crippen molar-refractivity contribution in [2.24, 2.45) is 5.41 Å². The molecule has 14 heavy (non-hydrogen) atoms. The Labute approximate surface area is 88.3 Å². The Morgan fingerprint density at radius 1 is 1.00 bits per heavy atom. The van der Waals surface area contributed by atoms with E-state index in [1.807, 2.05) is 0 Å². The zero-order valence-electron chi connectivity index (χ0n) is 9.77. The van der Waals surface area contributed by atoms with Crippen LogP contribution < -0.4 is 0 Å². The van der Waals surface area contributed by atoms with E-state index in [4.69, 9.17) is 0 Å². The molecule has 0 N–H and O–H groups in total. The Hall–Kier alpha value is -0.330. The summed E-state index contributed by atoms with van der Waals surface area (Å²) < 4.78 is 0. The van der Waals surface area contributed by atoms with Gasteiger partial charge in [-0.05, 0) is 25.7 Å². The maximum absolute atomic E-state index is 12.1. The fourth-order valence-electron chi connectivity index (χ4n) is 2.68. The summed E-state index contributed by atoms with van der Waals surface area (Å²) in [7, 11) is 0. The summed E-state index contributed by atoms with van der Waals surface area (Å²) in [5.41, 5.74) is 0.0460. The maximum atomic E-state index is 12.1. The van der Waals surface area contributed by atoms with Crippen LogP contribution in [0.2, 0.25) is 0 Å². The van der Waals surface area contributed by atoms with Crippen molar-refractivity contribution in [3.63, 3.8) is 0 Å². The number of rotatable bonds is 2. The second-order valence-corrected chi connectivity index (χ2v) is 4.68. The molecule has 0 spiro atoms. The third-order valence-corrected chi connectivity index (χ3v) is 4.00. The molecule has 0 saturated heterocycles. The van der Waals surface area contributed by atoms with Crippen LogP contribution in [0.4, 0.5) is 0 Å². The van der Waals surface area contributed by atoms with E-state index in [1.165, 1.54) is 25.7 Å². The topological polar surface area (TPSA) is 17.1 Å². The molecule has 1 fully saturated rings. The number of carbonyl (C=O) groups excluding carboxylic acids is 1. The van der Waals surface area contributed by atoms with Crippen LogP contribution in [0.25, 0.3) is 0 Å². The first-order valence-corrected chi connectivity index (χ1v) is 6.28. The van der Waals surface area contributed by atoms with E-state index in [1.54, 1.807) is 0 Å².